The topological polar surface area (TPSA) is 98.8 Å². The number of methoxy groups -OCH3 is 1. The van der Waals surface area contributed by atoms with Crippen LogP contribution in [0.25, 0.3) is 21.6 Å². The minimum absolute atomic E-state index is 0.438. The molecule has 152 valence electrons. The molecular weight excluding hydrogens is 396 g/mol. The normalized spacial score (nSPS) is 14.3. The molecule has 0 radical (unpaired) electrons. The lowest BCUT2D eigenvalue weighted by Gasteiger charge is -2.11. The van der Waals surface area contributed by atoms with Crippen LogP contribution >= 0.6 is 11.3 Å². The Morgan fingerprint density at radius 1 is 1.10 bits per heavy atom. The molecule has 3 N–H and O–H groups in total. The molecule has 1 aliphatic rings. The van der Waals surface area contributed by atoms with E-state index in [0.29, 0.717) is 11.7 Å². The number of nitrogens with two attached hydrogens (primary N) is 1. The van der Waals surface area contributed by atoms with Crippen LogP contribution < -0.4 is 15.8 Å². The molecule has 0 bridgehead atoms. The highest BCUT2D eigenvalue weighted by atomic mass is 32.1. The van der Waals surface area contributed by atoms with Crippen molar-refractivity contribution in [3.05, 3.63) is 47.6 Å². The van der Waals surface area contributed by atoms with E-state index in [9.17, 15) is 0 Å². The van der Waals surface area contributed by atoms with E-state index in [0.717, 1.165) is 43.7 Å². The summed E-state index contributed by atoms with van der Waals surface area (Å²) in [4.78, 5) is 9.17. The van der Waals surface area contributed by atoms with Gasteiger partial charge in [-0.3, -0.25) is 4.98 Å². The number of ether oxygens (including phenoxy) is 1. The maximum atomic E-state index is 6.29. The molecule has 4 aromatic rings. The lowest BCUT2D eigenvalue weighted by atomic mass is 10.1. The average molecular weight is 419 g/mol. The van der Waals surface area contributed by atoms with Crippen LogP contribution in [0.15, 0.2) is 42.6 Å². The molecule has 0 aliphatic heterocycles. The van der Waals surface area contributed by atoms with E-state index in [1.807, 2.05) is 36.4 Å². The van der Waals surface area contributed by atoms with Crippen LogP contribution in [0.1, 0.15) is 36.6 Å². The molecule has 3 aromatic heterocycles. The average Bonchev–Trinajstić information content (AvgIpc) is 3.45. The third kappa shape index (κ3) is 3.54. The first-order valence-electron chi connectivity index (χ1n) is 10.0. The first-order chi connectivity index (χ1) is 14.7. The Labute approximate surface area is 178 Å². The van der Waals surface area contributed by atoms with Crippen molar-refractivity contribution in [2.24, 2.45) is 0 Å². The van der Waals surface area contributed by atoms with Crippen molar-refractivity contribution in [3.63, 3.8) is 0 Å². The lowest BCUT2D eigenvalue weighted by molar-refractivity contribution is 0.417. The molecule has 7 nitrogen and oxygen atoms in total. The van der Waals surface area contributed by atoms with Crippen molar-refractivity contribution in [1.82, 2.24) is 20.2 Å². The molecule has 8 heteroatoms. The number of rotatable bonds is 5. The fraction of sp³-hybridized carbons (Fsp3) is 0.273. The fourth-order valence-electron chi connectivity index (χ4n) is 3.89. The minimum Gasteiger partial charge on any atom is -0.495 e. The van der Waals surface area contributed by atoms with Gasteiger partial charge in [-0.05, 0) is 37.1 Å². The predicted molar refractivity (Wildman–Crippen MR) is 120 cm³/mol. The summed E-state index contributed by atoms with van der Waals surface area (Å²) >= 11 is 1.62. The monoisotopic (exact) mass is 418 g/mol. The van der Waals surface area contributed by atoms with Crippen LogP contribution in [0.2, 0.25) is 0 Å². The number of nitrogens with one attached hydrogen (secondary N) is 1. The number of anilines is 3. The van der Waals surface area contributed by atoms with Crippen LogP contribution in [0, 0.1) is 0 Å². The van der Waals surface area contributed by atoms with Crippen molar-refractivity contribution in [2.75, 3.05) is 18.2 Å². The van der Waals surface area contributed by atoms with Gasteiger partial charge in [-0.2, -0.15) is 0 Å². The van der Waals surface area contributed by atoms with Crippen LogP contribution in [0.3, 0.4) is 0 Å². The highest BCUT2D eigenvalue weighted by Crippen LogP contribution is 2.39. The third-order valence-corrected chi connectivity index (χ3v) is 6.58. The highest BCUT2D eigenvalue weighted by molar-refractivity contribution is 7.14. The SMILES string of the molecule is COc1ccccc1Nc1cnc2cc(-c3nnc(C4CCCC4)s3)c(N)nc2c1. The Morgan fingerprint density at radius 2 is 1.93 bits per heavy atom. The van der Waals surface area contributed by atoms with Crippen LogP contribution in [-0.4, -0.2) is 27.3 Å². The molecule has 1 fully saturated rings. The van der Waals surface area contributed by atoms with Crippen LogP contribution in [0.4, 0.5) is 17.2 Å². The summed E-state index contributed by atoms with van der Waals surface area (Å²) in [5.41, 5.74) is 10.2. The number of benzene rings is 1. The summed E-state index contributed by atoms with van der Waals surface area (Å²) in [5.74, 6) is 1.73. The molecule has 0 spiro atoms. The standard InChI is InChI=1S/C22H22N6OS/c1-29-19-9-5-4-8-16(19)25-14-10-18-17(24-12-14)11-15(20(23)26-18)22-28-27-21(30-22)13-6-2-3-7-13/h4-5,8-13,25H,2-3,6-7H2,1H3,(H2,23,26). The molecule has 0 unspecified atom stereocenters. The maximum Gasteiger partial charge on any atom is 0.151 e. The van der Waals surface area contributed by atoms with Gasteiger partial charge in [0.2, 0.25) is 0 Å². The zero-order valence-corrected chi connectivity index (χ0v) is 17.4. The van der Waals surface area contributed by atoms with Gasteiger partial charge in [0.15, 0.2) is 5.01 Å². The van der Waals surface area contributed by atoms with E-state index in [-0.39, 0.29) is 0 Å². The molecule has 1 aliphatic carbocycles. The maximum absolute atomic E-state index is 6.29. The quantitative estimate of drug-likeness (QED) is 0.463. The number of fused-ring (bicyclic) bond motifs is 1. The Hall–Kier alpha value is -3.26. The second kappa shape index (κ2) is 7.87. The first-order valence-corrected chi connectivity index (χ1v) is 10.8. The summed E-state index contributed by atoms with van der Waals surface area (Å²) in [6, 6.07) is 11.6. The van der Waals surface area contributed by atoms with Crippen molar-refractivity contribution < 1.29 is 4.74 Å². The van der Waals surface area contributed by atoms with E-state index in [4.69, 9.17) is 10.5 Å². The minimum atomic E-state index is 0.438. The van der Waals surface area contributed by atoms with Crippen molar-refractivity contribution in [2.45, 2.75) is 31.6 Å². The Bertz CT molecular complexity index is 1200. The van der Waals surface area contributed by atoms with E-state index >= 15 is 0 Å². The van der Waals surface area contributed by atoms with E-state index in [1.54, 1.807) is 24.6 Å². The molecule has 3 heterocycles. The largest absolute Gasteiger partial charge is 0.495 e. The van der Waals surface area contributed by atoms with Gasteiger partial charge in [-0.1, -0.05) is 36.3 Å². The van der Waals surface area contributed by atoms with Crippen molar-refractivity contribution in [1.29, 1.82) is 0 Å². The molecule has 0 amide bonds. The Morgan fingerprint density at radius 3 is 2.77 bits per heavy atom. The fourth-order valence-corrected chi connectivity index (χ4v) is 4.93. The van der Waals surface area contributed by atoms with Gasteiger partial charge in [-0.15, -0.1) is 10.2 Å². The summed E-state index contributed by atoms with van der Waals surface area (Å²) in [6.45, 7) is 0. The highest BCUT2D eigenvalue weighted by Gasteiger charge is 2.22. The zero-order chi connectivity index (χ0) is 20.5. The lowest BCUT2D eigenvalue weighted by Crippen LogP contribution is -1.98. The number of pyridine rings is 2. The smallest absolute Gasteiger partial charge is 0.151 e. The second-order valence-electron chi connectivity index (χ2n) is 7.44. The third-order valence-electron chi connectivity index (χ3n) is 5.46. The number of hydrogen-bond donors (Lipinski definition) is 2. The van der Waals surface area contributed by atoms with E-state index in [2.05, 4.69) is 25.5 Å². The van der Waals surface area contributed by atoms with E-state index < -0.39 is 0 Å². The first kappa shape index (κ1) is 18.7. The molecule has 0 atom stereocenters. The number of nitrogen functional groups attached to an aromatic ring is 1. The molecule has 5 rings (SSSR count). The van der Waals surface area contributed by atoms with Gasteiger partial charge < -0.3 is 15.8 Å². The molecule has 1 aromatic carbocycles. The number of para-hydroxylation sites is 2. The van der Waals surface area contributed by atoms with Gasteiger partial charge in [0, 0.05) is 5.92 Å². The Kier molecular flexibility index (Phi) is 4.92. The van der Waals surface area contributed by atoms with Gasteiger partial charge >= 0.3 is 0 Å². The van der Waals surface area contributed by atoms with Gasteiger partial charge in [0.05, 0.1) is 41.3 Å². The Balaban J connectivity index is 1.45. The van der Waals surface area contributed by atoms with E-state index in [1.165, 1.54) is 25.7 Å². The second-order valence-corrected chi connectivity index (χ2v) is 8.44. The molecule has 0 saturated heterocycles. The number of nitrogens with zero attached hydrogens (tertiary/aromatic N) is 4. The van der Waals surface area contributed by atoms with Crippen molar-refractivity contribution in [3.8, 4) is 16.3 Å². The van der Waals surface area contributed by atoms with Crippen LogP contribution in [0.5, 0.6) is 5.75 Å². The van der Waals surface area contributed by atoms with Crippen LogP contribution in [-0.2, 0) is 0 Å². The predicted octanol–water partition coefficient (Wildman–Crippen LogP) is 5.14. The van der Waals surface area contributed by atoms with Gasteiger partial charge in [-0.25, -0.2) is 4.98 Å². The molecule has 30 heavy (non-hydrogen) atoms. The summed E-state index contributed by atoms with van der Waals surface area (Å²) in [5, 5.41) is 14.0. The summed E-state index contributed by atoms with van der Waals surface area (Å²) in [7, 11) is 1.65. The number of hydrogen-bond acceptors (Lipinski definition) is 8. The van der Waals surface area contributed by atoms with Gasteiger partial charge in [0.25, 0.3) is 0 Å². The number of aromatic nitrogens is 4. The summed E-state index contributed by atoms with van der Waals surface area (Å²) < 4.78 is 5.40. The molecule has 1 saturated carbocycles. The van der Waals surface area contributed by atoms with Crippen molar-refractivity contribution >= 4 is 39.6 Å². The van der Waals surface area contributed by atoms with Gasteiger partial charge in [0.1, 0.15) is 16.6 Å². The summed E-state index contributed by atoms with van der Waals surface area (Å²) in [6.07, 6.45) is 6.72. The zero-order valence-electron chi connectivity index (χ0n) is 16.6. The molecular formula is C22H22N6OS.